The summed E-state index contributed by atoms with van der Waals surface area (Å²) in [6.07, 6.45) is 6.19. The van der Waals surface area contributed by atoms with Crippen molar-refractivity contribution < 1.29 is 5.11 Å². The van der Waals surface area contributed by atoms with Gasteiger partial charge in [-0.1, -0.05) is 0 Å². The number of hydrogen-bond acceptors (Lipinski definition) is 5. The molecule has 0 aliphatic carbocycles. The molecular formula is C12H16N4O. The molecule has 1 unspecified atom stereocenters. The maximum Gasteiger partial charge on any atom is 0.183 e. The molecule has 0 aromatic carbocycles. The van der Waals surface area contributed by atoms with Crippen LogP contribution in [0.4, 0.5) is 5.82 Å². The molecular weight excluding hydrogens is 216 g/mol. The van der Waals surface area contributed by atoms with Crippen molar-refractivity contribution in [1.82, 2.24) is 9.97 Å². The highest BCUT2D eigenvalue weighted by atomic mass is 16.3. The number of aliphatic hydroxyl groups excluding tert-OH is 1. The molecule has 1 aliphatic heterocycles. The number of nitriles is 1. The summed E-state index contributed by atoms with van der Waals surface area (Å²) in [7, 11) is 0. The molecule has 2 rings (SSSR count). The first-order chi connectivity index (χ1) is 8.35. The van der Waals surface area contributed by atoms with Gasteiger partial charge in [-0.05, 0) is 25.2 Å². The molecule has 5 nitrogen and oxygen atoms in total. The van der Waals surface area contributed by atoms with E-state index < -0.39 is 0 Å². The minimum atomic E-state index is 0.226. The summed E-state index contributed by atoms with van der Waals surface area (Å²) in [5.41, 5.74) is 0.386. The van der Waals surface area contributed by atoms with Gasteiger partial charge in [0.1, 0.15) is 6.07 Å². The summed E-state index contributed by atoms with van der Waals surface area (Å²) in [5.74, 6) is 1.17. The highest BCUT2D eigenvalue weighted by Crippen LogP contribution is 2.24. The van der Waals surface area contributed by atoms with Crippen molar-refractivity contribution in [3.05, 3.63) is 18.1 Å². The third-order valence-corrected chi connectivity index (χ3v) is 3.14. The van der Waals surface area contributed by atoms with Crippen LogP contribution < -0.4 is 4.90 Å². The Morgan fingerprint density at radius 2 is 2.29 bits per heavy atom. The molecule has 17 heavy (non-hydrogen) atoms. The van der Waals surface area contributed by atoms with Crippen LogP contribution in [-0.2, 0) is 0 Å². The Labute approximate surface area is 101 Å². The first-order valence-corrected chi connectivity index (χ1v) is 5.92. The topological polar surface area (TPSA) is 73.0 Å². The van der Waals surface area contributed by atoms with E-state index in [1.54, 1.807) is 6.20 Å². The molecule has 0 amide bonds. The molecule has 1 aromatic rings. The SMILES string of the molecule is N#Cc1nccnc1N1CCCC(CCO)C1. The number of piperidine rings is 1. The fourth-order valence-electron chi connectivity index (χ4n) is 2.32. The van der Waals surface area contributed by atoms with Crippen LogP contribution >= 0.6 is 0 Å². The Morgan fingerprint density at radius 1 is 1.47 bits per heavy atom. The largest absolute Gasteiger partial charge is 0.396 e. The maximum absolute atomic E-state index is 9.00. The molecule has 90 valence electrons. The Hall–Kier alpha value is -1.67. The van der Waals surface area contributed by atoms with Gasteiger partial charge in [-0.25, -0.2) is 9.97 Å². The lowest BCUT2D eigenvalue weighted by molar-refractivity contribution is 0.244. The molecule has 2 heterocycles. The van der Waals surface area contributed by atoms with Crippen LogP contribution in [0.15, 0.2) is 12.4 Å². The van der Waals surface area contributed by atoms with Crippen LogP contribution in [0.2, 0.25) is 0 Å². The van der Waals surface area contributed by atoms with E-state index in [1.165, 1.54) is 6.20 Å². The van der Waals surface area contributed by atoms with Crippen molar-refractivity contribution in [1.29, 1.82) is 5.26 Å². The van der Waals surface area contributed by atoms with Crippen molar-refractivity contribution in [3.8, 4) is 6.07 Å². The van der Waals surface area contributed by atoms with Crippen LogP contribution in [-0.4, -0.2) is 34.8 Å². The van der Waals surface area contributed by atoms with E-state index in [2.05, 4.69) is 20.9 Å². The number of nitrogens with zero attached hydrogens (tertiary/aromatic N) is 4. The third-order valence-electron chi connectivity index (χ3n) is 3.14. The second-order valence-electron chi connectivity index (χ2n) is 4.31. The Bertz CT molecular complexity index is 413. The molecule has 1 aromatic heterocycles. The molecule has 1 atom stereocenters. The van der Waals surface area contributed by atoms with Gasteiger partial charge >= 0.3 is 0 Å². The van der Waals surface area contributed by atoms with Crippen LogP contribution in [0, 0.1) is 17.2 Å². The van der Waals surface area contributed by atoms with Gasteiger partial charge in [0, 0.05) is 32.1 Å². The number of anilines is 1. The number of hydrogen-bond donors (Lipinski definition) is 1. The fourth-order valence-corrected chi connectivity index (χ4v) is 2.32. The van der Waals surface area contributed by atoms with E-state index in [1.807, 2.05) is 0 Å². The summed E-state index contributed by atoms with van der Waals surface area (Å²) in [6, 6.07) is 2.08. The predicted molar refractivity (Wildman–Crippen MR) is 63.4 cm³/mol. The van der Waals surface area contributed by atoms with Crippen molar-refractivity contribution in [2.24, 2.45) is 5.92 Å². The standard InChI is InChI=1S/C12H16N4O/c13-8-11-12(15-5-4-14-11)16-6-1-2-10(9-16)3-7-17/h4-5,10,17H,1-3,6-7,9H2. The Kier molecular flexibility index (Phi) is 3.89. The molecule has 0 radical (unpaired) electrons. The highest BCUT2D eigenvalue weighted by molar-refractivity contribution is 5.49. The van der Waals surface area contributed by atoms with Crippen molar-refractivity contribution in [2.45, 2.75) is 19.3 Å². The zero-order valence-electron chi connectivity index (χ0n) is 9.71. The molecule has 0 saturated carbocycles. The first kappa shape index (κ1) is 11.8. The first-order valence-electron chi connectivity index (χ1n) is 5.92. The van der Waals surface area contributed by atoms with Crippen molar-refractivity contribution >= 4 is 5.82 Å². The average molecular weight is 232 g/mol. The zero-order chi connectivity index (χ0) is 12.1. The van der Waals surface area contributed by atoms with Gasteiger partial charge in [-0.15, -0.1) is 0 Å². The summed E-state index contributed by atoms with van der Waals surface area (Å²) in [4.78, 5) is 10.4. The average Bonchev–Trinajstić information content (AvgIpc) is 2.39. The van der Waals surface area contributed by atoms with Gasteiger partial charge in [-0.3, -0.25) is 0 Å². The molecule has 0 bridgehead atoms. The van der Waals surface area contributed by atoms with E-state index in [0.29, 0.717) is 17.4 Å². The lowest BCUT2D eigenvalue weighted by atomic mass is 9.95. The van der Waals surface area contributed by atoms with E-state index in [9.17, 15) is 0 Å². The van der Waals surface area contributed by atoms with Crippen LogP contribution in [0.5, 0.6) is 0 Å². The Balaban J connectivity index is 2.14. The van der Waals surface area contributed by atoms with Gasteiger partial charge in [-0.2, -0.15) is 5.26 Å². The van der Waals surface area contributed by atoms with Gasteiger partial charge in [0.05, 0.1) is 0 Å². The second-order valence-corrected chi connectivity index (χ2v) is 4.31. The smallest absolute Gasteiger partial charge is 0.183 e. The molecule has 1 fully saturated rings. The fraction of sp³-hybridized carbons (Fsp3) is 0.583. The van der Waals surface area contributed by atoms with E-state index in [4.69, 9.17) is 10.4 Å². The summed E-state index contributed by atoms with van der Waals surface area (Å²) in [6.45, 7) is 1.99. The van der Waals surface area contributed by atoms with Gasteiger partial charge < -0.3 is 10.0 Å². The van der Waals surface area contributed by atoms with Crippen molar-refractivity contribution in [3.63, 3.8) is 0 Å². The van der Waals surface area contributed by atoms with Crippen molar-refractivity contribution in [2.75, 3.05) is 24.6 Å². The normalized spacial score (nSPS) is 20.0. The summed E-state index contributed by atoms with van der Waals surface area (Å²) < 4.78 is 0. The van der Waals surface area contributed by atoms with Crippen LogP contribution in [0.1, 0.15) is 25.0 Å². The quantitative estimate of drug-likeness (QED) is 0.839. The molecule has 5 heteroatoms. The van der Waals surface area contributed by atoms with Crippen LogP contribution in [0.25, 0.3) is 0 Å². The zero-order valence-corrected chi connectivity index (χ0v) is 9.71. The van der Waals surface area contributed by atoms with Gasteiger partial charge in [0.25, 0.3) is 0 Å². The van der Waals surface area contributed by atoms with Crippen LogP contribution in [0.3, 0.4) is 0 Å². The van der Waals surface area contributed by atoms with Gasteiger partial charge in [0.2, 0.25) is 0 Å². The minimum Gasteiger partial charge on any atom is -0.396 e. The summed E-state index contributed by atoms with van der Waals surface area (Å²) in [5, 5.41) is 18.0. The lowest BCUT2D eigenvalue weighted by Gasteiger charge is -2.33. The number of rotatable bonds is 3. The predicted octanol–water partition coefficient (Wildman–Crippen LogP) is 0.947. The number of aromatic nitrogens is 2. The number of aliphatic hydroxyl groups is 1. The second kappa shape index (κ2) is 5.60. The van der Waals surface area contributed by atoms with Gasteiger partial charge in [0.15, 0.2) is 11.5 Å². The molecule has 1 aliphatic rings. The highest BCUT2D eigenvalue weighted by Gasteiger charge is 2.22. The third kappa shape index (κ3) is 2.71. The molecule has 1 N–H and O–H groups in total. The van der Waals surface area contributed by atoms with E-state index >= 15 is 0 Å². The van der Waals surface area contributed by atoms with E-state index in [0.717, 1.165) is 32.4 Å². The Morgan fingerprint density at radius 3 is 3.06 bits per heavy atom. The summed E-state index contributed by atoms with van der Waals surface area (Å²) >= 11 is 0. The lowest BCUT2D eigenvalue weighted by Crippen LogP contribution is -2.36. The minimum absolute atomic E-state index is 0.226. The monoisotopic (exact) mass is 232 g/mol. The molecule has 1 saturated heterocycles. The molecule has 0 spiro atoms. The maximum atomic E-state index is 9.00. The van der Waals surface area contributed by atoms with E-state index in [-0.39, 0.29) is 6.61 Å².